The smallest absolute Gasteiger partial charge is 0.307 e. The second-order valence-corrected chi connectivity index (χ2v) is 7.76. The van der Waals surface area contributed by atoms with Crippen molar-refractivity contribution < 1.29 is 24.5 Å². The van der Waals surface area contributed by atoms with Crippen LogP contribution in [0.15, 0.2) is 0 Å². The second kappa shape index (κ2) is 11.3. The van der Waals surface area contributed by atoms with Crippen LogP contribution < -0.4 is 5.32 Å². The molecule has 23 heavy (non-hydrogen) atoms. The Bertz CT molecular complexity index is 342. The third-order valence-corrected chi connectivity index (χ3v) is 4.31. The van der Waals surface area contributed by atoms with Gasteiger partial charge in [0.15, 0.2) is 0 Å². The molecule has 0 fully saturated rings. The summed E-state index contributed by atoms with van der Waals surface area (Å²) in [6.45, 7) is 11.8. The van der Waals surface area contributed by atoms with Crippen LogP contribution in [0.2, 0.25) is 0 Å². The molecule has 0 aromatic carbocycles. The number of hydrogen-bond acceptors (Lipinski definition) is 6. The van der Waals surface area contributed by atoms with E-state index in [4.69, 9.17) is 14.6 Å². The van der Waals surface area contributed by atoms with Gasteiger partial charge in [-0.25, -0.2) is 0 Å². The largest absolute Gasteiger partial charge is 0.481 e. The van der Waals surface area contributed by atoms with E-state index in [1.54, 1.807) is 25.6 Å². The molecule has 0 radical (unpaired) electrons. The van der Waals surface area contributed by atoms with Crippen molar-refractivity contribution in [3.05, 3.63) is 0 Å². The highest BCUT2D eigenvalue weighted by Gasteiger charge is 2.34. The SMILES string of the molecule is CCOC(C)(CC(=O)O)NC(O)C(CC(C)SCC)OC(C)C. The standard InChI is InChI=1S/C16H33NO5S/c1-7-21-16(6,10-14(18)19)17-15(20)13(22-11(3)4)9-12(5)23-8-2/h11-13,15,17,20H,7-10H2,1-6H3,(H,18,19). The number of aliphatic hydroxyl groups excluding tert-OH is 1. The molecular weight excluding hydrogens is 318 g/mol. The Morgan fingerprint density at radius 2 is 1.91 bits per heavy atom. The van der Waals surface area contributed by atoms with Crippen molar-refractivity contribution in [2.45, 2.75) is 83.8 Å². The fourth-order valence-electron chi connectivity index (χ4n) is 2.44. The van der Waals surface area contributed by atoms with Crippen LogP contribution in [0.4, 0.5) is 0 Å². The first-order valence-corrected chi connectivity index (χ1v) is 9.27. The molecule has 0 amide bonds. The van der Waals surface area contributed by atoms with Crippen LogP contribution in [0.1, 0.15) is 54.4 Å². The van der Waals surface area contributed by atoms with E-state index in [1.165, 1.54) is 0 Å². The summed E-state index contributed by atoms with van der Waals surface area (Å²) in [5.41, 5.74) is -1.14. The molecule has 4 unspecified atom stereocenters. The fourth-order valence-corrected chi connectivity index (χ4v) is 3.34. The van der Waals surface area contributed by atoms with E-state index in [-0.39, 0.29) is 12.5 Å². The zero-order chi connectivity index (χ0) is 18.0. The monoisotopic (exact) mass is 351 g/mol. The maximum atomic E-state index is 11.0. The molecule has 7 heteroatoms. The number of hydrogen-bond donors (Lipinski definition) is 3. The van der Waals surface area contributed by atoms with Gasteiger partial charge in [-0.3, -0.25) is 10.1 Å². The molecule has 0 heterocycles. The van der Waals surface area contributed by atoms with Crippen molar-refractivity contribution >= 4 is 17.7 Å². The average molecular weight is 352 g/mol. The minimum atomic E-state index is -1.14. The van der Waals surface area contributed by atoms with Crippen LogP contribution in [0.25, 0.3) is 0 Å². The first-order chi connectivity index (χ1) is 10.6. The van der Waals surface area contributed by atoms with Crippen LogP contribution >= 0.6 is 11.8 Å². The molecule has 0 aromatic rings. The maximum absolute atomic E-state index is 11.0. The Morgan fingerprint density at radius 1 is 1.30 bits per heavy atom. The average Bonchev–Trinajstić information content (AvgIpc) is 2.36. The zero-order valence-electron chi connectivity index (χ0n) is 15.2. The zero-order valence-corrected chi connectivity index (χ0v) is 16.0. The fraction of sp³-hybridized carbons (Fsp3) is 0.938. The predicted octanol–water partition coefficient (Wildman–Crippen LogP) is 2.45. The normalized spacial score (nSPS) is 18.4. The molecule has 4 atom stereocenters. The van der Waals surface area contributed by atoms with E-state index in [0.717, 1.165) is 5.75 Å². The molecule has 0 bridgehead atoms. The predicted molar refractivity (Wildman–Crippen MR) is 93.6 cm³/mol. The van der Waals surface area contributed by atoms with E-state index in [1.807, 2.05) is 13.8 Å². The summed E-state index contributed by atoms with van der Waals surface area (Å²) >= 11 is 1.80. The van der Waals surface area contributed by atoms with Crippen molar-refractivity contribution in [2.24, 2.45) is 0 Å². The molecule has 0 aliphatic carbocycles. The highest BCUT2D eigenvalue weighted by molar-refractivity contribution is 7.99. The Labute approximate surface area is 144 Å². The molecule has 6 nitrogen and oxygen atoms in total. The van der Waals surface area contributed by atoms with Gasteiger partial charge in [-0.2, -0.15) is 11.8 Å². The van der Waals surface area contributed by atoms with Gasteiger partial charge >= 0.3 is 5.97 Å². The lowest BCUT2D eigenvalue weighted by atomic mass is 10.1. The lowest BCUT2D eigenvalue weighted by Crippen LogP contribution is -2.56. The van der Waals surface area contributed by atoms with Crippen LogP contribution in [0, 0.1) is 0 Å². The minimum Gasteiger partial charge on any atom is -0.481 e. The summed E-state index contributed by atoms with van der Waals surface area (Å²) in [4.78, 5) is 11.0. The van der Waals surface area contributed by atoms with Gasteiger partial charge in [-0.1, -0.05) is 13.8 Å². The molecule has 138 valence electrons. The van der Waals surface area contributed by atoms with Gasteiger partial charge in [0.1, 0.15) is 12.0 Å². The number of nitrogens with one attached hydrogen (secondary N) is 1. The molecule has 0 saturated heterocycles. The number of aliphatic hydroxyl groups is 1. The van der Waals surface area contributed by atoms with Gasteiger partial charge in [-0.05, 0) is 39.9 Å². The van der Waals surface area contributed by atoms with Gasteiger partial charge in [0.2, 0.25) is 0 Å². The third kappa shape index (κ3) is 10.2. The van der Waals surface area contributed by atoms with Crippen molar-refractivity contribution in [1.29, 1.82) is 0 Å². The van der Waals surface area contributed by atoms with Crippen LogP contribution in [-0.4, -0.2) is 58.0 Å². The lowest BCUT2D eigenvalue weighted by molar-refractivity contribution is -0.158. The van der Waals surface area contributed by atoms with Crippen molar-refractivity contribution in [3.8, 4) is 0 Å². The Morgan fingerprint density at radius 3 is 2.35 bits per heavy atom. The molecule has 0 rings (SSSR count). The molecule has 0 aliphatic rings. The quantitative estimate of drug-likeness (QED) is 0.439. The summed E-state index contributed by atoms with van der Waals surface area (Å²) in [7, 11) is 0. The summed E-state index contributed by atoms with van der Waals surface area (Å²) in [6.07, 6.45) is -1.05. The highest BCUT2D eigenvalue weighted by atomic mass is 32.2. The summed E-state index contributed by atoms with van der Waals surface area (Å²) in [5.74, 6) is 0.00581. The summed E-state index contributed by atoms with van der Waals surface area (Å²) < 4.78 is 11.3. The molecule has 0 aliphatic heterocycles. The third-order valence-electron chi connectivity index (χ3n) is 3.22. The maximum Gasteiger partial charge on any atom is 0.307 e. The number of thioether (sulfide) groups is 1. The van der Waals surface area contributed by atoms with E-state index >= 15 is 0 Å². The number of rotatable bonds is 13. The molecule has 0 aromatic heterocycles. The van der Waals surface area contributed by atoms with Crippen LogP contribution in [0.3, 0.4) is 0 Å². The Balaban J connectivity index is 4.94. The number of carboxylic acid groups (broad SMARTS) is 1. The van der Waals surface area contributed by atoms with Gasteiger partial charge in [0, 0.05) is 11.9 Å². The van der Waals surface area contributed by atoms with E-state index in [2.05, 4.69) is 19.2 Å². The first-order valence-electron chi connectivity index (χ1n) is 8.22. The minimum absolute atomic E-state index is 0.0342. The van der Waals surface area contributed by atoms with Gasteiger partial charge < -0.3 is 19.7 Å². The number of ether oxygens (including phenoxy) is 2. The van der Waals surface area contributed by atoms with E-state index in [9.17, 15) is 9.90 Å². The van der Waals surface area contributed by atoms with Crippen molar-refractivity contribution in [1.82, 2.24) is 5.32 Å². The van der Waals surface area contributed by atoms with Crippen molar-refractivity contribution in [2.75, 3.05) is 12.4 Å². The van der Waals surface area contributed by atoms with Crippen LogP contribution in [0.5, 0.6) is 0 Å². The molecule has 0 saturated carbocycles. The molecule has 0 spiro atoms. The van der Waals surface area contributed by atoms with Crippen molar-refractivity contribution in [3.63, 3.8) is 0 Å². The number of carboxylic acids is 1. The Kier molecular flexibility index (Phi) is 11.1. The molecule has 3 N–H and O–H groups in total. The second-order valence-electron chi connectivity index (χ2n) is 6.05. The highest BCUT2D eigenvalue weighted by Crippen LogP contribution is 2.21. The first kappa shape index (κ1) is 22.7. The van der Waals surface area contributed by atoms with E-state index in [0.29, 0.717) is 18.3 Å². The Hall–Kier alpha value is -0.340. The van der Waals surface area contributed by atoms with Crippen LogP contribution in [-0.2, 0) is 14.3 Å². The topological polar surface area (TPSA) is 88.0 Å². The van der Waals surface area contributed by atoms with Gasteiger partial charge in [0.05, 0.1) is 18.6 Å². The number of aliphatic carboxylic acids is 1. The number of carbonyl (C=O) groups is 1. The molecular formula is C16H33NO5S. The summed E-state index contributed by atoms with van der Waals surface area (Å²) in [6, 6.07) is 0. The van der Waals surface area contributed by atoms with Gasteiger partial charge in [0.25, 0.3) is 0 Å². The lowest BCUT2D eigenvalue weighted by Gasteiger charge is -2.36. The van der Waals surface area contributed by atoms with Gasteiger partial charge in [-0.15, -0.1) is 0 Å². The summed E-state index contributed by atoms with van der Waals surface area (Å²) in [5, 5.41) is 22.8. The van der Waals surface area contributed by atoms with E-state index < -0.39 is 24.0 Å².